The van der Waals surface area contributed by atoms with Gasteiger partial charge in [-0.3, -0.25) is 5.10 Å². The van der Waals surface area contributed by atoms with Gasteiger partial charge in [0.2, 0.25) is 0 Å². The van der Waals surface area contributed by atoms with Crippen LogP contribution in [0.15, 0.2) is 36.7 Å². The molecule has 90 valence electrons. The number of aromatic nitrogens is 2. The molecule has 2 aromatic rings. The topological polar surface area (TPSA) is 44.0 Å². The van der Waals surface area contributed by atoms with E-state index in [9.17, 15) is 0 Å². The van der Waals surface area contributed by atoms with Gasteiger partial charge < -0.3 is 10.2 Å². The monoisotopic (exact) mass is 230 g/mol. The molecule has 1 heterocycles. The normalized spacial score (nSPS) is 12.2. The van der Waals surface area contributed by atoms with Crippen LogP contribution in [0.2, 0.25) is 0 Å². The van der Waals surface area contributed by atoms with E-state index in [1.807, 2.05) is 20.3 Å². The first kappa shape index (κ1) is 11.5. The number of anilines is 2. The van der Waals surface area contributed by atoms with Crippen LogP contribution in [0, 0.1) is 0 Å². The molecule has 0 fully saturated rings. The lowest BCUT2D eigenvalue weighted by Gasteiger charge is -2.17. The standard InChI is InChI=1S/C13H18N4/c1-10(16-12-8-14-15-9-12)11-4-6-13(7-5-11)17(2)3/h4-10,16H,1-3H3,(H,14,15). The Kier molecular flexibility index (Phi) is 3.32. The third kappa shape index (κ3) is 2.78. The molecule has 0 bridgehead atoms. The van der Waals surface area contributed by atoms with Gasteiger partial charge in [0.25, 0.3) is 0 Å². The number of rotatable bonds is 4. The van der Waals surface area contributed by atoms with Gasteiger partial charge in [-0.1, -0.05) is 12.1 Å². The van der Waals surface area contributed by atoms with Gasteiger partial charge in [-0.05, 0) is 24.6 Å². The first-order valence-electron chi connectivity index (χ1n) is 5.69. The Bertz CT molecular complexity index is 445. The molecule has 0 spiro atoms. The summed E-state index contributed by atoms with van der Waals surface area (Å²) in [4.78, 5) is 2.10. The van der Waals surface area contributed by atoms with Crippen molar-refractivity contribution in [1.82, 2.24) is 10.2 Å². The van der Waals surface area contributed by atoms with Crippen molar-refractivity contribution in [2.45, 2.75) is 13.0 Å². The number of benzene rings is 1. The lowest BCUT2D eigenvalue weighted by Crippen LogP contribution is -2.09. The largest absolute Gasteiger partial charge is 0.378 e. The SMILES string of the molecule is CC(Nc1cn[nH]c1)c1ccc(N(C)C)cc1. The molecule has 1 aromatic carbocycles. The van der Waals surface area contributed by atoms with E-state index in [1.165, 1.54) is 11.3 Å². The Hall–Kier alpha value is -1.97. The van der Waals surface area contributed by atoms with Crippen molar-refractivity contribution >= 4 is 11.4 Å². The minimum Gasteiger partial charge on any atom is -0.378 e. The lowest BCUT2D eigenvalue weighted by molar-refractivity contribution is 0.884. The maximum Gasteiger partial charge on any atom is 0.0728 e. The molecule has 4 nitrogen and oxygen atoms in total. The highest BCUT2D eigenvalue weighted by Crippen LogP contribution is 2.20. The molecule has 0 saturated heterocycles. The summed E-state index contributed by atoms with van der Waals surface area (Å²) in [5.41, 5.74) is 3.48. The van der Waals surface area contributed by atoms with Crippen LogP contribution in [0.25, 0.3) is 0 Å². The van der Waals surface area contributed by atoms with Gasteiger partial charge in [0.1, 0.15) is 0 Å². The molecule has 0 aliphatic heterocycles. The number of nitrogens with one attached hydrogen (secondary N) is 2. The number of hydrogen-bond acceptors (Lipinski definition) is 3. The zero-order valence-electron chi connectivity index (χ0n) is 10.4. The lowest BCUT2D eigenvalue weighted by atomic mass is 10.1. The summed E-state index contributed by atoms with van der Waals surface area (Å²) < 4.78 is 0. The van der Waals surface area contributed by atoms with Gasteiger partial charge in [-0.15, -0.1) is 0 Å². The Morgan fingerprint density at radius 1 is 1.24 bits per heavy atom. The average molecular weight is 230 g/mol. The molecule has 0 aliphatic carbocycles. The molecular formula is C13H18N4. The summed E-state index contributed by atoms with van der Waals surface area (Å²) in [5, 5.41) is 10.1. The average Bonchev–Trinajstić information content (AvgIpc) is 2.82. The number of H-pyrrole nitrogens is 1. The maximum atomic E-state index is 3.91. The highest BCUT2D eigenvalue weighted by Gasteiger charge is 2.06. The second kappa shape index (κ2) is 4.91. The Balaban J connectivity index is 2.06. The van der Waals surface area contributed by atoms with E-state index < -0.39 is 0 Å². The van der Waals surface area contributed by atoms with Crippen LogP contribution in [-0.4, -0.2) is 24.3 Å². The molecule has 2 N–H and O–H groups in total. The summed E-state index contributed by atoms with van der Waals surface area (Å²) in [6, 6.07) is 8.81. The van der Waals surface area contributed by atoms with Crippen LogP contribution in [0.5, 0.6) is 0 Å². The van der Waals surface area contributed by atoms with Crippen molar-refractivity contribution < 1.29 is 0 Å². The van der Waals surface area contributed by atoms with Crippen LogP contribution in [0.4, 0.5) is 11.4 Å². The Morgan fingerprint density at radius 2 is 1.94 bits per heavy atom. The smallest absolute Gasteiger partial charge is 0.0728 e. The van der Waals surface area contributed by atoms with E-state index in [1.54, 1.807) is 6.20 Å². The van der Waals surface area contributed by atoms with Crippen LogP contribution in [0.3, 0.4) is 0 Å². The molecule has 0 saturated carbocycles. The predicted molar refractivity (Wildman–Crippen MR) is 71.4 cm³/mol. The first-order chi connectivity index (χ1) is 8.16. The molecule has 1 aromatic heterocycles. The highest BCUT2D eigenvalue weighted by molar-refractivity contribution is 5.48. The second-order valence-electron chi connectivity index (χ2n) is 4.34. The number of hydrogen-bond donors (Lipinski definition) is 2. The van der Waals surface area contributed by atoms with Gasteiger partial charge in [-0.25, -0.2) is 0 Å². The molecule has 2 rings (SSSR count). The number of nitrogens with zero attached hydrogens (tertiary/aromatic N) is 2. The summed E-state index contributed by atoms with van der Waals surface area (Å²) in [6.07, 6.45) is 3.63. The van der Waals surface area contributed by atoms with Crippen LogP contribution >= 0.6 is 0 Å². The molecule has 0 amide bonds. The van der Waals surface area contributed by atoms with Crippen LogP contribution in [0.1, 0.15) is 18.5 Å². The molecule has 4 heteroatoms. The number of aromatic amines is 1. The van der Waals surface area contributed by atoms with Crippen molar-refractivity contribution in [2.75, 3.05) is 24.3 Å². The van der Waals surface area contributed by atoms with Gasteiger partial charge in [0.15, 0.2) is 0 Å². The molecule has 0 aliphatic rings. The molecule has 1 unspecified atom stereocenters. The maximum absolute atomic E-state index is 3.91. The van der Waals surface area contributed by atoms with Crippen LogP contribution < -0.4 is 10.2 Å². The van der Waals surface area contributed by atoms with E-state index in [0.29, 0.717) is 0 Å². The minimum absolute atomic E-state index is 0.267. The summed E-state index contributed by atoms with van der Waals surface area (Å²) in [6.45, 7) is 2.14. The third-order valence-electron chi connectivity index (χ3n) is 2.79. The van der Waals surface area contributed by atoms with Crippen molar-refractivity contribution in [3.8, 4) is 0 Å². The van der Waals surface area contributed by atoms with Crippen molar-refractivity contribution in [1.29, 1.82) is 0 Å². The molecule has 1 atom stereocenters. The Morgan fingerprint density at radius 3 is 2.47 bits per heavy atom. The second-order valence-corrected chi connectivity index (χ2v) is 4.34. The molecular weight excluding hydrogens is 212 g/mol. The quantitative estimate of drug-likeness (QED) is 0.848. The van der Waals surface area contributed by atoms with Crippen molar-refractivity contribution in [2.24, 2.45) is 0 Å². The van der Waals surface area contributed by atoms with Gasteiger partial charge in [0, 0.05) is 32.0 Å². The van der Waals surface area contributed by atoms with Crippen molar-refractivity contribution in [3.05, 3.63) is 42.2 Å². The van der Waals surface area contributed by atoms with Crippen LogP contribution in [-0.2, 0) is 0 Å². The van der Waals surface area contributed by atoms with Gasteiger partial charge in [0.05, 0.1) is 11.9 Å². The molecule has 17 heavy (non-hydrogen) atoms. The summed E-state index contributed by atoms with van der Waals surface area (Å²) >= 11 is 0. The van der Waals surface area contributed by atoms with Crippen molar-refractivity contribution in [3.63, 3.8) is 0 Å². The summed E-state index contributed by atoms with van der Waals surface area (Å²) in [5.74, 6) is 0. The Labute approximate surface area is 102 Å². The fourth-order valence-electron chi connectivity index (χ4n) is 1.72. The van der Waals surface area contributed by atoms with E-state index >= 15 is 0 Å². The van der Waals surface area contributed by atoms with E-state index in [-0.39, 0.29) is 6.04 Å². The predicted octanol–water partition coefficient (Wildman–Crippen LogP) is 2.65. The molecule has 0 radical (unpaired) electrons. The van der Waals surface area contributed by atoms with Gasteiger partial charge >= 0.3 is 0 Å². The van der Waals surface area contributed by atoms with Gasteiger partial charge in [-0.2, -0.15) is 5.10 Å². The zero-order valence-corrected chi connectivity index (χ0v) is 10.4. The van der Waals surface area contributed by atoms with E-state index in [2.05, 4.69) is 51.6 Å². The fourth-order valence-corrected chi connectivity index (χ4v) is 1.72. The van der Waals surface area contributed by atoms with E-state index in [4.69, 9.17) is 0 Å². The zero-order chi connectivity index (χ0) is 12.3. The minimum atomic E-state index is 0.267. The highest BCUT2D eigenvalue weighted by atomic mass is 15.1. The summed E-state index contributed by atoms with van der Waals surface area (Å²) in [7, 11) is 4.09. The van der Waals surface area contributed by atoms with E-state index in [0.717, 1.165) is 5.69 Å². The third-order valence-corrected chi connectivity index (χ3v) is 2.79. The fraction of sp³-hybridized carbons (Fsp3) is 0.308. The first-order valence-corrected chi connectivity index (χ1v) is 5.69.